The summed E-state index contributed by atoms with van der Waals surface area (Å²) in [6.45, 7) is 3.07. The average molecular weight is 338 g/mol. The van der Waals surface area contributed by atoms with Crippen molar-refractivity contribution in [3.05, 3.63) is 32.6 Å². The monoisotopic (exact) mass is 338 g/mol. The lowest BCUT2D eigenvalue weighted by molar-refractivity contribution is 0.0595. The summed E-state index contributed by atoms with van der Waals surface area (Å²) in [5.74, 6) is -1.19. The molecule has 16 heavy (non-hydrogen) atoms. The van der Waals surface area contributed by atoms with E-state index in [0.29, 0.717) is 9.13 Å². The number of carbonyl (C=O) groups is 1. The Bertz CT molecular complexity index is 424. The number of hydrogen-bond acceptors (Lipinski definition) is 3. The van der Waals surface area contributed by atoms with Gasteiger partial charge in [0.1, 0.15) is 5.82 Å². The molecule has 0 atom stereocenters. The van der Waals surface area contributed by atoms with E-state index in [0.717, 1.165) is 6.07 Å². The van der Waals surface area contributed by atoms with Crippen LogP contribution in [-0.4, -0.2) is 18.2 Å². The Morgan fingerprint density at radius 1 is 1.50 bits per heavy atom. The Balaban J connectivity index is 3.44. The maximum atomic E-state index is 13.3. The first-order valence-corrected chi connectivity index (χ1v) is 5.65. The molecule has 5 heteroatoms. The number of benzene rings is 1. The molecule has 0 aliphatic rings. The van der Waals surface area contributed by atoms with Gasteiger partial charge in [0, 0.05) is 9.13 Å². The molecule has 88 valence electrons. The first kappa shape index (κ1) is 13.4. The minimum atomic E-state index is -1.21. The van der Waals surface area contributed by atoms with Gasteiger partial charge in [0.2, 0.25) is 0 Å². The van der Waals surface area contributed by atoms with Gasteiger partial charge in [-0.15, -0.1) is 0 Å². The first-order chi connectivity index (χ1) is 7.27. The molecule has 0 aliphatic carbocycles. The normalized spacial score (nSPS) is 11.4. The minimum absolute atomic E-state index is 0.125. The van der Waals surface area contributed by atoms with E-state index in [1.165, 1.54) is 27.0 Å². The Labute approximate surface area is 107 Å². The topological polar surface area (TPSA) is 46.5 Å². The Morgan fingerprint density at radius 2 is 2.06 bits per heavy atom. The predicted octanol–water partition coefficient (Wildman–Crippen LogP) is 2.44. The largest absolute Gasteiger partial charge is 0.465 e. The van der Waals surface area contributed by atoms with Crippen LogP contribution in [0.3, 0.4) is 0 Å². The second-order valence-electron chi connectivity index (χ2n) is 3.87. The molecule has 0 radical (unpaired) electrons. The summed E-state index contributed by atoms with van der Waals surface area (Å²) in [4.78, 5) is 11.4. The van der Waals surface area contributed by atoms with Gasteiger partial charge in [0.15, 0.2) is 0 Å². The number of aliphatic hydroxyl groups is 1. The van der Waals surface area contributed by atoms with E-state index in [1.54, 1.807) is 0 Å². The summed E-state index contributed by atoms with van der Waals surface area (Å²) in [7, 11) is 1.23. The average Bonchev–Trinajstić information content (AvgIpc) is 2.18. The van der Waals surface area contributed by atoms with Gasteiger partial charge in [-0.1, -0.05) is 0 Å². The summed E-state index contributed by atoms with van der Waals surface area (Å²) < 4.78 is 18.4. The van der Waals surface area contributed by atoms with Crippen molar-refractivity contribution < 1.29 is 19.0 Å². The van der Waals surface area contributed by atoms with Crippen LogP contribution in [0.25, 0.3) is 0 Å². The van der Waals surface area contributed by atoms with Crippen LogP contribution in [0.15, 0.2) is 12.1 Å². The summed E-state index contributed by atoms with van der Waals surface area (Å²) >= 11 is 1.89. The molecular formula is C11H12FIO3. The fourth-order valence-corrected chi connectivity index (χ4v) is 2.48. The van der Waals surface area contributed by atoms with Crippen molar-refractivity contribution in [3.63, 3.8) is 0 Å². The molecule has 0 fully saturated rings. The van der Waals surface area contributed by atoms with Crippen LogP contribution in [0, 0.1) is 9.39 Å². The number of ether oxygens (including phenoxy) is 1. The van der Waals surface area contributed by atoms with Crippen molar-refractivity contribution in [2.75, 3.05) is 7.11 Å². The van der Waals surface area contributed by atoms with E-state index < -0.39 is 17.4 Å². The SMILES string of the molecule is COC(=O)c1cc(F)cc(C(C)(C)O)c1I. The summed E-state index contributed by atoms with van der Waals surface area (Å²) in [5, 5.41) is 9.85. The third-order valence-electron chi connectivity index (χ3n) is 2.10. The maximum Gasteiger partial charge on any atom is 0.339 e. The molecule has 0 saturated carbocycles. The van der Waals surface area contributed by atoms with Crippen LogP contribution in [0.2, 0.25) is 0 Å². The quantitative estimate of drug-likeness (QED) is 0.666. The van der Waals surface area contributed by atoms with Crippen LogP contribution >= 0.6 is 22.6 Å². The van der Waals surface area contributed by atoms with Gasteiger partial charge < -0.3 is 9.84 Å². The van der Waals surface area contributed by atoms with Crippen molar-refractivity contribution in [3.8, 4) is 0 Å². The van der Waals surface area contributed by atoms with E-state index in [4.69, 9.17) is 0 Å². The van der Waals surface area contributed by atoms with Gasteiger partial charge in [-0.25, -0.2) is 9.18 Å². The molecule has 1 aromatic rings. The minimum Gasteiger partial charge on any atom is -0.465 e. The van der Waals surface area contributed by atoms with Crippen LogP contribution in [0.5, 0.6) is 0 Å². The smallest absolute Gasteiger partial charge is 0.339 e. The molecule has 3 nitrogen and oxygen atoms in total. The molecular weight excluding hydrogens is 326 g/mol. The van der Waals surface area contributed by atoms with Crippen molar-refractivity contribution in [2.45, 2.75) is 19.4 Å². The fraction of sp³-hybridized carbons (Fsp3) is 0.364. The molecule has 0 unspecified atom stereocenters. The van der Waals surface area contributed by atoms with Crippen LogP contribution in [0.1, 0.15) is 29.8 Å². The van der Waals surface area contributed by atoms with E-state index in [-0.39, 0.29) is 5.56 Å². The number of esters is 1. The summed E-state index contributed by atoms with van der Waals surface area (Å²) in [6, 6.07) is 2.32. The van der Waals surface area contributed by atoms with Crippen LogP contribution in [-0.2, 0) is 10.3 Å². The highest BCUT2D eigenvalue weighted by Crippen LogP contribution is 2.29. The van der Waals surface area contributed by atoms with Crippen LogP contribution < -0.4 is 0 Å². The molecule has 1 N–H and O–H groups in total. The second kappa shape index (κ2) is 4.67. The van der Waals surface area contributed by atoms with E-state index >= 15 is 0 Å². The van der Waals surface area contributed by atoms with Crippen molar-refractivity contribution in [2.24, 2.45) is 0 Å². The third-order valence-corrected chi connectivity index (χ3v) is 3.26. The lowest BCUT2D eigenvalue weighted by Crippen LogP contribution is -2.20. The molecule has 0 aromatic heterocycles. The van der Waals surface area contributed by atoms with Gasteiger partial charge in [-0.3, -0.25) is 0 Å². The van der Waals surface area contributed by atoms with Gasteiger partial charge in [0.25, 0.3) is 0 Å². The highest BCUT2D eigenvalue weighted by atomic mass is 127. The van der Waals surface area contributed by atoms with E-state index in [9.17, 15) is 14.3 Å². The zero-order valence-corrected chi connectivity index (χ0v) is 11.3. The van der Waals surface area contributed by atoms with Gasteiger partial charge in [-0.2, -0.15) is 0 Å². The van der Waals surface area contributed by atoms with Crippen molar-refractivity contribution in [1.82, 2.24) is 0 Å². The second-order valence-corrected chi connectivity index (χ2v) is 4.94. The molecule has 1 rings (SSSR count). The lowest BCUT2D eigenvalue weighted by atomic mass is 9.96. The maximum absolute atomic E-state index is 13.3. The molecule has 0 aliphatic heterocycles. The Hall–Kier alpha value is -0.690. The molecule has 0 saturated heterocycles. The van der Waals surface area contributed by atoms with E-state index in [2.05, 4.69) is 4.74 Å². The number of carbonyl (C=O) groups excluding carboxylic acids is 1. The fourth-order valence-electron chi connectivity index (χ4n) is 1.29. The van der Waals surface area contributed by atoms with Gasteiger partial charge >= 0.3 is 5.97 Å². The molecule has 0 spiro atoms. The summed E-state index contributed by atoms with van der Waals surface area (Å²) in [6.07, 6.45) is 0. The Morgan fingerprint density at radius 3 is 2.50 bits per heavy atom. The van der Waals surface area contributed by atoms with Crippen LogP contribution in [0.4, 0.5) is 4.39 Å². The van der Waals surface area contributed by atoms with Crippen molar-refractivity contribution in [1.29, 1.82) is 0 Å². The van der Waals surface area contributed by atoms with Gasteiger partial charge in [-0.05, 0) is 48.6 Å². The third kappa shape index (κ3) is 2.70. The van der Waals surface area contributed by atoms with Gasteiger partial charge in [0.05, 0.1) is 18.3 Å². The van der Waals surface area contributed by atoms with E-state index in [1.807, 2.05) is 22.6 Å². The molecule has 0 amide bonds. The zero-order valence-electron chi connectivity index (χ0n) is 9.17. The zero-order chi connectivity index (χ0) is 12.5. The highest BCUT2D eigenvalue weighted by molar-refractivity contribution is 14.1. The Kier molecular flexibility index (Phi) is 3.90. The lowest BCUT2D eigenvalue weighted by Gasteiger charge is -2.20. The number of rotatable bonds is 2. The summed E-state index contributed by atoms with van der Waals surface area (Å²) in [5.41, 5.74) is -0.713. The molecule has 1 aromatic carbocycles. The highest BCUT2D eigenvalue weighted by Gasteiger charge is 2.24. The van der Waals surface area contributed by atoms with Crippen molar-refractivity contribution >= 4 is 28.6 Å². The molecule has 0 bridgehead atoms. The number of hydrogen-bond donors (Lipinski definition) is 1. The number of halogens is 2. The predicted molar refractivity (Wildman–Crippen MR) is 65.7 cm³/mol. The molecule has 0 heterocycles. The standard InChI is InChI=1S/C11H12FIO3/c1-11(2,15)8-5-6(12)4-7(9(8)13)10(14)16-3/h4-5,15H,1-3H3. The number of methoxy groups -OCH3 is 1. The first-order valence-electron chi connectivity index (χ1n) is 4.57.